The molecule has 0 amide bonds. The number of rotatable bonds is 13. The van der Waals surface area contributed by atoms with Crippen LogP contribution in [0, 0.1) is 30.9 Å². The normalized spacial score (nSPS) is 11.6. The van der Waals surface area contributed by atoms with Crippen LogP contribution in [0.1, 0.15) is 82.2 Å². The molecule has 0 unspecified atom stereocenters. The second-order valence-electron chi connectivity index (χ2n) is 15.0. The molecule has 0 fully saturated rings. The second kappa shape index (κ2) is 16.7. The summed E-state index contributed by atoms with van der Waals surface area (Å²) in [7, 11) is 0. The van der Waals surface area contributed by atoms with E-state index in [0.717, 1.165) is 77.4 Å². The molecule has 0 aliphatic carbocycles. The summed E-state index contributed by atoms with van der Waals surface area (Å²) in [6, 6.07) is 32.2. The minimum atomic E-state index is 0. The Morgan fingerprint density at radius 1 is 0.755 bits per heavy atom. The molecule has 7 aromatic rings. The van der Waals surface area contributed by atoms with Gasteiger partial charge in [-0.15, -0.1) is 35.7 Å². The summed E-state index contributed by atoms with van der Waals surface area (Å²) in [6.45, 7) is 16.0. The van der Waals surface area contributed by atoms with E-state index in [2.05, 4.69) is 114 Å². The second-order valence-corrected chi connectivity index (χ2v) is 15.0. The molecule has 0 aliphatic heterocycles. The first-order valence-corrected chi connectivity index (χ1v) is 19.0. The quantitative estimate of drug-likeness (QED) is 0.108. The zero-order chi connectivity index (χ0) is 36.4. The number of aromatic nitrogens is 4. The van der Waals surface area contributed by atoms with Gasteiger partial charge >= 0.3 is 21.1 Å². The Balaban J connectivity index is 0.00000481. The zero-order valence-corrected chi connectivity index (χ0v) is 34.3. The fourth-order valence-electron chi connectivity index (χ4n) is 7.70. The maximum atomic E-state index is 6.47. The van der Waals surface area contributed by atoms with Gasteiger partial charge in [0.1, 0.15) is 5.82 Å². The topological polar surface area (TPSA) is 44.9 Å². The van der Waals surface area contributed by atoms with Gasteiger partial charge in [0.2, 0.25) is 0 Å². The largest absolute Gasteiger partial charge is 2.00 e. The van der Waals surface area contributed by atoms with Gasteiger partial charge in [-0.25, -0.2) is 4.98 Å². The Morgan fingerprint density at radius 2 is 1.45 bits per heavy atom. The van der Waals surface area contributed by atoms with E-state index in [-0.39, 0.29) is 21.1 Å². The van der Waals surface area contributed by atoms with E-state index in [1.54, 1.807) is 0 Å². The number of aryl methyl sites for hydroxylation is 1. The third kappa shape index (κ3) is 8.06. The first-order valence-electron chi connectivity index (χ1n) is 19.0. The van der Waals surface area contributed by atoms with Gasteiger partial charge in [0.05, 0.1) is 6.20 Å². The van der Waals surface area contributed by atoms with Crippen LogP contribution in [-0.4, -0.2) is 19.3 Å². The molecule has 53 heavy (non-hydrogen) atoms. The summed E-state index contributed by atoms with van der Waals surface area (Å²) in [4.78, 5) is 4.72. The van der Waals surface area contributed by atoms with Crippen molar-refractivity contribution in [3.8, 4) is 34.1 Å². The summed E-state index contributed by atoms with van der Waals surface area (Å²) < 4.78 is 10.6. The van der Waals surface area contributed by atoms with Crippen LogP contribution in [0.3, 0.4) is 0 Å². The number of hydrogen-bond donors (Lipinski definition) is 0. The third-order valence-electron chi connectivity index (χ3n) is 9.76. The predicted octanol–water partition coefficient (Wildman–Crippen LogP) is 12.0. The Morgan fingerprint density at radius 3 is 2.13 bits per heavy atom. The van der Waals surface area contributed by atoms with E-state index in [1.165, 1.54) is 33.4 Å². The number of ether oxygens (including phenoxy) is 1. The van der Waals surface area contributed by atoms with Crippen molar-refractivity contribution in [2.45, 2.75) is 87.0 Å². The van der Waals surface area contributed by atoms with Crippen LogP contribution in [0.15, 0.2) is 91.4 Å². The van der Waals surface area contributed by atoms with Gasteiger partial charge in [0.25, 0.3) is 0 Å². The maximum Gasteiger partial charge on any atom is 2.00 e. The molecule has 3 aromatic heterocycles. The first-order chi connectivity index (χ1) is 25.2. The molecule has 0 radical (unpaired) electrons. The number of fused-ring (bicyclic) bond motifs is 3. The minimum Gasteiger partial charge on any atom is -0.509 e. The molecule has 0 saturated heterocycles. The predicted molar refractivity (Wildman–Crippen MR) is 215 cm³/mol. The molecule has 6 heteroatoms. The van der Waals surface area contributed by atoms with Crippen LogP contribution in [0.4, 0.5) is 0 Å². The Labute approximate surface area is 329 Å². The van der Waals surface area contributed by atoms with Gasteiger partial charge in [0, 0.05) is 35.0 Å². The van der Waals surface area contributed by atoms with Crippen molar-refractivity contribution in [2.75, 3.05) is 0 Å². The van der Waals surface area contributed by atoms with Crippen molar-refractivity contribution in [3.05, 3.63) is 131 Å². The molecule has 0 atom stereocenters. The minimum absolute atomic E-state index is 0. The van der Waals surface area contributed by atoms with Crippen LogP contribution in [0.5, 0.6) is 11.5 Å². The first kappa shape index (κ1) is 38.3. The van der Waals surface area contributed by atoms with Gasteiger partial charge in [0.15, 0.2) is 0 Å². The fourth-order valence-corrected chi connectivity index (χ4v) is 7.70. The molecule has 0 N–H and O–H groups in total. The average Bonchev–Trinajstić information content (AvgIpc) is 3.73. The van der Waals surface area contributed by atoms with Gasteiger partial charge in [-0.1, -0.05) is 84.2 Å². The molecule has 3 heterocycles. The van der Waals surface area contributed by atoms with Crippen molar-refractivity contribution < 1.29 is 25.8 Å². The van der Waals surface area contributed by atoms with E-state index in [9.17, 15) is 0 Å². The Bertz CT molecular complexity index is 2310. The summed E-state index contributed by atoms with van der Waals surface area (Å²) in [5.74, 6) is 3.27. The van der Waals surface area contributed by atoms with E-state index >= 15 is 0 Å². The molecular formula is C47H50N4OPt. The van der Waals surface area contributed by atoms with Crippen molar-refractivity contribution in [3.63, 3.8) is 0 Å². The van der Waals surface area contributed by atoms with E-state index in [0.29, 0.717) is 23.3 Å². The monoisotopic (exact) mass is 881 g/mol. The summed E-state index contributed by atoms with van der Waals surface area (Å²) in [5, 5.41) is 7.18. The van der Waals surface area contributed by atoms with E-state index in [1.807, 2.05) is 47.4 Å². The van der Waals surface area contributed by atoms with Crippen molar-refractivity contribution in [1.29, 1.82) is 0 Å². The molecular weight excluding hydrogens is 832 g/mol. The molecule has 0 aliphatic rings. The van der Waals surface area contributed by atoms with Crippen molar-refractivity contribution in [1.82, 2.24) is 19.3 Å². The smallest absolute Gasteiger partial charge is 0.509 e. The van der Waals surface area contributed by atoms with Crippen LogP contribution in [0.2, 0.25) is 0 Å². The molecule has 5 nitrogen and oxygen atoms in total. The van der Waals surface area contributed by atoms with Gasteiger partial charge < -0.3 is 9.30 Å². The molecule has 0 spiro atoms. The summed E-state index contributed by atoms with van der Waals surface area (Å²) in [6.07, 6.45) is 12.6. The molecule has 0 bridgehead atoms. The third-order valence-corrected chi connectivity index (χ3v) is 9.76. The Hall–Kier alpha value is -4.47. The maximum absolute atomic E-state index is 6.47. The van der Waals surface area contributed by atoms with E-state index in [4.69, 9.17) is 14.8 Å². The number of benzene rings is 4. The van der Waals surface area contributed by atoms with E-state index < -0.39 is 0 Å². The van der Waals surface area contributed by atoms with Gasteiger partial charge in [-0.05, 0) is 107 Å². The molecule has 7 rings (SSSR count). The standard InChI is InChI=1S/C47H50N4O.Pt/c1-8-13-40-34(23-31(3)4)26-35(24-32(5)6)41(14-9-2)47(40)36-29-49-50(30-36)37-15-12-16-38(27-37)52-39-19-20-43-42-17-10-11-18-44(42)51(45(43)28-39)46-25-33(7)21-22-48-46;/h10-12,15-22,25-26,29-32H,8-9,13-14,23-24H2,1-7H3;/q-2;+2. The SMILES string of the molecule is CCCc1c(CC(C)C)cc(CC(C)C)c(CCC)c1-c1cnn(-c2[c-]c(Oc3[c-]c4c(cc3)c3ccccc3n4-c3cc(C)ccn3)ccc2)c1.[Pt+2]. The number of hydrogen-bond acceptors (Lipinski definition) is 3. The Kier molecular flexibility index (Phi) is 12.0. The molecule has 4 aromatic carbocycles. The van der Waals surface area contributed by atoms with Crippen LogP contribution in [0.25, 0.3) is 44.4 Å². The van der Waals surface area contributed by atoms with Gasteiger partial charge in [-0.3, -0.25) is 4.68 Å². The summed E-state index contributed by atoms with van der Waals surface area (Å²) in [5.41, 5.74) is 12.6. The zero-order valence-electron chi connectivity index (χ0n) is 32.1. The number of para-hydroxylation sites is 1. The summed E-state index contributed by atoms with van der Waals surface area (Å²) >= 11 is 0. The van der Waals surface area contributed by atoms with Crippen molar-refractivity contribution in [2.24, 2.45) is 11.8 Å². The van der Waals surface area contributed by atoms with Crippen LogP contribution < -0.4 is 4.74 Å². The number of nitrogens with zero attached hydrogens (tertiary/aromatic N) is 4. The average molecular weight is 882 g/mol. The fraction of sp³-hybridized carbons (Fsp3) is 0.319. The molecule has 274 valence electrons. The van der Waals surface area contributed by atoms with Crippen LogP contribution >= 0.6 is 0 Å². The van der Waals surface area contributed by atoms with Gasteiger partial charge in [-0.2, -0.15) is 17.2 Å². The van der Waals surface area contributed by atoms with Crippen LogP contribution in [-0.2, 0) is 46.7 Å². The molecule has 0 saturated carbocycles. The number of pyridine rings is 1. The van der Waals surface area contributed by atoms with Crippen molar-refractivity contribution >= 4 is 21.8 Å².